The highest BCUT2D eigenvalue weighted by Gasteiger charge is 2.20. The molecule has 2 heterocycles. The van der Waals surface area contributed by atoms with Crippen LogP contribution in [0.4, 0.5) is 0 Å². The van der Waals surface area contributed by atoms with Crippen LogP contribution in [-0.2, 0) is 6.54 Å². The van der Waals surface area contributed by atoms with Crippen molar-refractivity contribution in [1.82, 2.24) is 14.8 Å². The quantitative estimate of drug-likeness (QED) is 0.775. The zero-order valence-corrected chi connectivity index (χ0v) is 15.3. The molecule has 2 aromatic rings. The fraction of sp³-hybridized carbons (Fsp3) is 0.450. The molecule has 140 valence electrons. The Morgan fingerprint density at radius 2 is 1.69 bits per heavy atom. The normalized spacial score (nSPS) is 17.0. The van der Waals surface area contributed by atoms with E-state index in [-0.39, 0.29) is 6.61 Å². The summed E-state index contributed by atoms with van der Waals surface area (Å²) < 4.78 is 11.0. The Labute approximate surface area is 155 Å². The maximum atomic E-state index is 10.3. The van der Waals surface area contributed by atoms with Gasteiger partial charge in [0.05, 0.1) is 12.8 Å². The van der Waals surface area contributed by atoms with Crippen molar-refractivity contribution in [2.24, 2.45) is 0 Å². The molecule has 1 aromatic heterocycles. The average molecular weight is 357 g/mol. The smallest absolute Gasteiger partial charge is 0.161 e. The minimum Gasteiger partial charge on any atom is -0.493 e. The Morgan fingerprint density at radius 1 is 1.00 bits per heavy atom. The number of benzene rings is 1. The first-order chi connectivity index (χ1) is 12.7. The molecule has 0 amide bonds. The van der Waals surface area contributed by atoms with Gasteiger partial charge in [0.2, 0.25) is 0 Å². The number of pyridine rings is 1. The average Bonchev–Trinajstić information content (AvgIpc) is 2.69. The molecule has 1 saturated heterocycles. The molecule has 3 rings (SSSR count). The van der Waals surface area contributed by atoms with Gasteiger partial charge in [-0.3, -0.25) is 14.8 Å². The molecule has 0 radical (unpaired) electrons. The van der Waals surface area contributed by atoms with E-state index in [4.69, 9.17) is 9.47 Å². The lowest BCUT2D eigenvalue weighted by molar-refractivity contribution is 0.0438. The second-order valence-electron chi connectivity index (χ2n) is 6.51. The minimum absolute atomic E-state index is 0.258. The summed E-state index contributed by atoms with van der Waals surface area (Å²) in [5.74, 6) is 1.34. The van der Waals surface area contributed by atoms with Crippen molar-refractivity contribution in [2.45, 2.75) is 12.6 Å². The van der Waals surface area contributed by atoms with E-state index >= 15 is 0 Å². The van der Waals surface area contributed by atoms with Crippen LogP contribution in [0, 0.1) is 0 Å². The molecule has 1 atom stereocenters. The van der Waals surface area contributed by atoms with E-state index in [0.717, 1.165) is 38.4 Å². The van der Waals surface area contributed by atoms with Crippen LogP contribution in [0.1, 0.15) is 5.69 Å². The van der Waals surface area contributed by atoms with E-state index in [1.807, 2.05) is 42.6 Å². The predicted molar refractivity (Wildman–Crippen MR) is 100 cm³/mol. The Bertz CT molecular complexity index is 660. The van der Waals surface area contributed by atoms with Gasteiger partial charge < -0.3 is 14.6 Å². The van der Waals surface area contributed by atoms with Gasteiger partial charge >= 0.3 is 0 Å². The number of hydrogen-bond acceptors (Lipinski definition) is 6. The van der Waals surface area contributed by atoms with Gasteiger partial charge in [-0.1, -0.05) is 18.2 Å². The SMILES string of the molecule is COc1ccccc1OCC(O)CN1CCN(Cc2ccccn2)CC1. The van der Waals surface area contributed by atoms with Gasteiger partial charge in [-0.05, 0) is 24.3 Å². The van der Waals surface area contributed by atoms with Gasteiger partial charge in [0.1, 0.15) is 12.7 Å². The molecular weight excluding hydrogens is 330 g/mol. The van der Waals surface area contributed by atoms with Crippen LogP contribution >= 0.6 is 0 Å². The first-order valence-corrected chi connectivity index (χ1v) is 9.03. The van der Waals surface area contributed by atoms with Crippen LogP contribution in [0.2, 0.25) is 0 Å². The van der Waals surface area contributed by atoms with Crippen LogP contribution in [0.5, 0.6) is 11.5 Å². The molecule has 26 heavy (non-hydrogen) atoms. The largest absolute Gasteiger partial charge is 0.493 e. The van der Waals surface area contributed by atoms with Crippen LogP contribution < -0.4 is 9.47 Å². The van der Waals surface area contributed by atoms with E-state index in [1.54, 1.807) is 7.11 Å². The van der Waals surface area contributed by atoms with E-state index in [9.17, 15) is 5.11 Å². The molecular formula is C20H27N3O3. The van der Waals surface area contributed by atoms with Crippen LogP contribution in [0.25, 0.3) is 0 Å². The van der Waals surface area contributed by atoms with E-state index in [2.05, 4.69) is 20.9 Å². The third-order valence-electron chi connectivity index (χ3n) is 4.55. The van der Waals surface area contributed by atoms with E-state index in [1.165, 1.54) is 0 Å². The van der Waals surface area contributed by atoms with E-state index < -0.39 is 6.10 Å². The van der Waals surface area contributed by atoms with Crippen LogP contribution in [0.15, 0.2) is 48.7 Å². The minimum atomic E-state index is -0.526. The van der Waals surface area contributed by atoms with Gasteiger partial charge in [-0.2, -0.15) is 0 Å². The molecule has 0 aliphatic carbocycles. The lowest BCUT2D eigenvalue weighted by Gasteiger charge is -2.35. The summed E-state index contributed by atoms with van der Waals surface area (Å²) in [6.45, 7) is 5.61. The summed E-state index contributed by atoms with van der Waals surface area (Å²) in [4.78, 5) is 9.07. The third-order valence-corrected chi connectivity index (χ3v) is 4.55. The Hall–Kier alpha value is -2.15. The summed E-state index contributed by atoms with van der Waals surface area (Å²) in [7, 11) is 1.61. The van der Waals surface area contributed by atoms with Gasteiger partial charge in [0.25, 0.3) is 0 Å². The number of ether oxygens (including phenoxy) is 2. The number of rotatable bonds is 8. The maximum absolute atomic E-state index is 10.3. The number of β-amino-alcohol motifs (C(OH)–C–C–N with tert-alkyl or cyclic N) is 1. The van der Waals surface area contributed by atoms with Crippen LogP contribution in [-0.4, -0.2) is 72.4 Å². The summed E-state index contributed by atoms with van der Waals surface area (Å²) >= 11 is 0. The second-order valence-corrected chi connectivity index (χ2v) is 6.51. The number of nitrogens with zero attached hydrogens (tertiary/aromatic N) is 3. The van der Waals surface area contributed by atoms with Crippen molar-refractivity contribution in [3.63, 3.8) is 0 Å². The number of piperazine rings is 1. The summed E-state index contributed by atoms with van der Waals surface area (Å²) in [5.41, 5.74) is 1.10. The molecule has 1 unspecified atom stereocenters. The topological polar surface area (TPSA) is 58.1 Å². The molecule has 1 aliphatic rings. The fourth-order valence-corrected chi connectivity index (χ4v) is 3.13. The lowest BCUT2D eigenvalue weighted by Crippen LogP contribution is -2.48. The standard InChI is InChI=1S/C20H27N3O3/c1-25-19-7-2-3-8-20(19)26-16-18(24)15-23-12-10-22(11-13-23)14-17-6-4-5-9-21-17/h2-9,18,24H,10-16H2,1H3. The highest BCUT2D eigenvalue weighted by atomic mass is 16.5. The highest BCUT2D eigenvalue weighted by molar-refractivity contribution is 5.39. The van der Waals surface area contributed by atoms with Crippen molar-refractivity contribution in [1.29, 1.82) is 0 Å². The number of hydrogen-bond donors (Lipinski definition) is 1. The highest BCUT2D eigenvalue weighted by Crippen LogP contribution is 2.25. The summed E-state index contributed by atoms with van der Waals surface area (Å²) in [6.07, 6.45) is 1.31. The molecule has 0 saturated carbocycles. The summed E-state index contributed by atoms with van der Waals surface area (Å²) in [6, 6.07) is 13.5. The molecule has 1 N–H and O–H groups in total. The number of para-hydroxylation sites is 2. The number of aromatic nitrogens is 1. The summed E-state index contributed by atoms with van der Waals surface area (Å²) in [5, 5.41) is 10.3. The monoisotopic (exact) mass is 357 g/mol. The van der Waals surface area contributed by atoms with Crippen LogP contribution in [0.3, 0.4) is 0 Å². The molecule has 1 fully saturated rings. The number of methoxy groups -OCH3 is 1. The van der Waals surface area contributed by atoms with Gasteiger partial charge in [-0.15, -0.1) is 0 Å². The second kappa shape index (κ2) is 9.52. The van der Waals surface area contributed by atoms with Gasteiger partial charge in [-0.25, -0.2) is 0 Å². The zero-order valence-electron chi connectivity index (χ0n) is 15.3. The van der Waals surface area contributed by atoms with Gasteiger partial charge in [0.15, 0.2) is 11.5 Å². The zero-order chi connectivity index (χ0) is 18.2. The van der Waals surface area contributed by atoms with Crippen molar-refractivity contribution < 1.29 is 14.6 Å². The predicted octanol–water partition coefficient (Wildman–Crippen LogP) is 1.65. The molecule has 0 bridgehead atoms. The lowest BCUT2D eigenvalue weighted by atomic mass is 10.2. The molecule has 1 aliphatic heterocycles. The molecule has 0 spiro atoms. The van der Waals surface area contributed by atoms with Crippen molar-refractivity contribution >= 4 is 0 Å². The molecule has 6 heteroatoms. The molecule has 1 aromatic carbocycles. The molecule has 6 nitrogen and oxygen atoms in total. The Kier molecular flexibility index (Phi) is 6.82. The first-order valence-electron chi connectivity index (χ1n) is 9.03. The van der Waals surface area contributed by atoms with Gasteiger partial charge in [0, 0.05) is 45.5 Å². The Balaban J connectivity index is 1.38. The maximum Gasteiger partial charge on any atom is 0.161 e. The number of aliphatic hydroxyl groups is 1. The van der Waals surface area contributed by atoms with Crippen molar-refractivity contribution in [3.8, 4) is 11.5 Å². The first kappa shape index (κ1) is 18.6. The Morgan fingerprint density at radius 3 is 2.38 bits per heavy atom. The number of aliphatic hydroxyl groups excluding tert-OH is 1. The van der Waals surface area contributed by atoms with Crippen molar-refractivity contribution in [2.75, 3.05) is 46.4 Å². The van der Waals surface area contributed by atoms with E-state index in [0.29, 0.717) is 18.0 Å². The fourth-order valence-electron chi connectivity index (χ4n) is 3.13. The third kappa shape index (κ3) is 5.42. The van der Waals surface area contributed by atoms with Crippen molar-refractivity contribution in [3.05, 3.63) is 54.4 Å².